The van der Waals surface area contributed by atoms with E-state index in [9.17, 15) is 9.59 Å². The Labute approximate surface area is 127 Å². The molecule has 1 atom stereocenters. The number of benzene rings is 1. The maximum atomic E-state index is 12.4. The molecule has 0 spiro atoms. The van der Waals surface area contributed by atoms with Crippen LogP contribution in [0.25, 0.3) is 0 Å². The van der Waals surface area contributed by atoms with E-state index in [1.807, 2.05) is 18.2 Å². The number of nitriles is 1. The molecule has 1 heterocycles. The number of amides is 1. The third-order valence-electron chi connectivity index (χ3n) is 3.70. The highest BCUT2D eigenvalue weighted by Crippen LogP contribution is 2.29. The van der Waals surface area contributed by atoms with Gasteiger partial charge in [0.2, 0.25) is 0 Å². The summed E-state index contributed by atoms with van der Waals surface area (Å²) in [5.41, 5.74) is 0.583. The molecule has 1 aliphatic rings. The zero-order chi connectivity index (χ0) is 15.4. The quantitative estimate of drug-likeness (QED) is 0.842. The van der Waals surface area contributed by atoms with Crippen LogP contribution in [0.1, 0.15) is 17.3 Å². The lowest BCUT2D eigenvalue weighted by Gasteiger charge is -2.41. The summed E-state index contributed by atoms with van der Waals surface area (Å²) in [5.74, 6) is -1.03. The first kappa shape index (κ1) is 15.4. The third kappa shape index (κ3) is 3.37. The van der Waals surface area contributed by atoms with Crippen molar-refractivity contribution in [1.29, 1.82) is 5.26 Å². The van der Waals surface area contributed by atoms with E-state index in [1.54, 1.807) is 24.0 Å². The summed E-state index contributed by atoms with van der Waals surface area (Å²) in [6.07, 6.45) is 0. The fourth-order valence-corrected chi connectivity index (χ4v) is 2.95. The van der Waals surface area contributed by atoms with Gasteiger partial charge in [-0.3, -0.25) is 9.59 Å². The number of aliphatic carboxylic acids is 1. The van der Waals surface area contributed by atoms with E-state index >= 15 is 0 Å². The van der Waals surface area contributed by atoms with Crippen molar-refractivity contribution in [1.82, 2.24) is 4.90 Å². The Bertz CT molecular complexity index is 591. The van der Waals surface area contributed by atoms with Crippen molar-refractivity contribution in [3.05, 3.63) is 29.8 Å². The second-order valence-corrected chi connectivity index (χ2v) is 6.06. The molecule has 6 heteroatoms. The minimum atomic E-state index is -0.822. The van der Waals surface area contributed by atoms with Crippen molar-refractivity contribution >= 4 is 23.6 Å². The van der Waals surface area contributed by atoms with E-state index < -0.39 is 11.9 Å². The van der Waals surface area contributed by atoms with Crippen molar-refractivity contribution < 1.29 is 14.7 Å². The van der Waals surface area contributed by atoms with Crippen LogP contribution in [0.3, 0.4) is 0 Å². The number of carbonyl (C=O) groups excluding carboxylic acids is 1. The zero-order valence-electron chi connectivity index (χ0n) is 11.7. The number of rotatable bonds is 5. The molecule has 1 unspecified atom stereocenters. The van der Waals surface area contributed by atoms with Gasteiger partial charge in [-0.2, -0.15) is 5.26 Å². The highest BCUT2D eigenvalue weighted by atomic mass is 32.2. The van der Waals surface area contributed by atoms with Gasteiger partial charge in [-0.25, -0.2) is 0 Å². The van der Waals surface area contributed by atoms with Crippen LogP contribution in [-0.2, 0) is 4.79 Å². The molecule has 0 aliphatic carbocycles. The lowest BCUT2D eigenvalue weighted by Crippen LogP contribution is -2.53. The Balaban J connectivity index is 2.03. The Morgan fingerprint density at radius 3 is 2.76 bits per heavy atom. The predicted octanol–water partition coefficient (Wildman–Crippen LogP) is 2.09. The van der Waals surface area contributed by atoms with Gasteiger partial charge in [0.15, 0.2) is 0 Å². The Morgan fingerprint density at radius 1 is 1.48 bits per heavy atom. The average molecular weight is 304 g/mol. The molecule has 1 aliphatic heterocycles. The molecule has 0 radical (unpaired) electrons. The first-order chi connectivity index (χ1) is 10.0. The SMILES string of the molecule is CC(C(=O)O)C1CN(C(=O)c2ccccc2SCC#N)C1. The molecular weight excluding hydrogens is 288 g/mol. The summed E-state index contributed by atoms with van der Waals surface area (Å²) >= 11 is 1.34. The van der Waals surface area contributed by atoms with E-state index in [1.165, 1.54) is 11.8 Å². The highest BCUT2D eigenvalue weighted by Gasteiger charge is 2.37. The van der Waals surface area contributed by atoms with Gasteiger partial charge in [-0.1, -0.05) is 19.1 Å². The number of likely N-dealkylation sites (tertiary alicyclic amines) is 1. The van der Waals surface area contributed by atoms with E-state index in [0.29, 0.717) is 24.4 Å². The molecule has 0 aromatic heterocycles. The summed E-state index contributed by atoms with van der Waals surface area (Å²) in [5, 5.41) is 17.6. The van der Waals surface area contributed by atoms with Crippen LogP contribution in [-0.4, -0.2) is 40.7 Å². The molecule has 1 amide bonds. The summed E-state index contributed by atoms with van der Waals surface area (Å²) in [7, 11) is 0. The fraction of sp³-hybridized carbons (Fsp3) is 0.400. The number of carboxylic acids is 1. The van der Waals surface area contributed by atoms with Crippen molar-refractivity contribution in [3.8, 4) is 6.07 Å². The van der Waals surface area contributed by atoms with Gasteiger partial charge in [-0.05, 0) is 12.1 Å². The number of thioether (sulfide) groups is 1. The molecule has 0 bridgehead atoms. The van der Waals surface area contributed by atoms with Gasteiger partial charge < -0.3 is 10.0 Å². The first-order valence-corrected chi connectivity index (χ1v) is 7.64. The van der Waals surface area contributed by atoms with Crippen LogP contribution < -0.4 is 0 Å². The minimum Gasteiger partial charge on any atom is -0.481 e. The monoisotopic (exact) mass is 304 g/mol. The van der Waals surface area contributed by atoms with Crippen LogP contribution in [0.15, 0.2) is 29.2 Å². The van der Waals surface area contributed by atoms with E-state index in [-0.39, 0.29) is 11.8 Å². The van der Waals surface area contributed by atoms with Crippen LogP contribution >= 0.6 is 11.8 Å². The topological polar surface area (TPSA) is 81.4 Å². The summed E-state index contributed by atoms with van der Waals surface area (Å²) in [4.78, 5) is 25.8. The van der Waals surface area contributed by atoms with E-state index in [0.717, 1.165) is 4.90 Å². The second kappa shape index (κ2) is 6.64. The summed E-state index contributed by atoms with van der Waals surface area (Å²) in [6, 6.07) is 9.25. The van der Waals surface area contributed by atoms with Crippen molar-refractivity contribution in [2.45, 2.75) is 11.8 Å². The lowest BCUT2D eigenvalue weighted by molar-refractivity contribution is -0.144. The average Bonchev–Trinajstić information content (AvgIpc) is 2.43. The zero-order valence-corrected chi connectivity index (χ0v) is 12.5. The van der Waals surface area contributed by atoms with Gasteiger partial charge in [0, 0.05) is 23.9 Å². The molecule has 0 saturated carbocycles. The third-order valence-corrected chi connectivity index (χ3v) is 4.64. The molecule has 1 aromatic rings. The van der Waals surface area contributed by atoms with Gasteiger partial charge in [0.1, 0.15) is 0 Å². The van der Waals surface area contributed by atoms with E-state index in [2.05, 4.69) is 0 Å². The molecule has 1 saturated heterocycles. The van der Waals surface area contributed by atoms with Crippen LogP contribution in [0.4, 0.5) is 0 Å². The van der Waals surface area contributed by atoms with Crippen molar-refractivity contribution in [2.24, 2.45) is 11.8 Å². The smallest absolute Gasteiger partial charge is 0.306 e. The second-order valence-electron chi connectivity index (χ2n) is 5.04. The van der Waals surface area contributed by atoms with Gasteiger partial charge in [-0.15, -0.1) is 11.8 Å². The maximum absolute atomic E-state index is 12.4. The molecule has 2 rings (SSSR count). The predicted molar refractivity (Wildman–Crippen MR) is 79.0 cm³/mol. The largest absolute Gasteiger partial charge is 0.481 e. The molecule has 21 heavy (non-hydrogen) atoms. The Morgan fingerprint density at radius 2 is 2.14 bits per heavy atom. The maximum Gasteiger partial charge on any atom is 0.306 e. The normalized spacial score (nSPS) is 15.9. The Kier molecular flexibility index (Phi) is 4.86. The first-order valence-electron chi connectivity index (χ1n) is 6.65. The lowest BCUT2D eigenvalue weighted by atomic mass is 9.86. The molecule has 1 N–H and O–H groups in total. The molecule has 1 fully saturated rings. The van der Waals surface area contributed by atoms with Crippen molar-refractivity contribution in [2.75, 3.05) is 18.8 Å². The van der Waals surface area contributed by atoms with Crippen LogP contribution in [0.5, 0.6) is 0 Å². The van der Waals surface area contributed by atoms with Crippen LogP contribution in [0, 0.1) is 23.2 Å². The number of carbonyl (C=O) groups is 2. The van der Waals surface area contributed by atoms with Crippen molar-refractivity contribution in [3.63, 3.8) is 0 Å². The Hall–Kier alpha value is -2.00. The molecule has 110 valence electrons. The highest BCUT2D eigenvalue weighted by molar-refractivity contribution is 7.99. The van der Waals surface area contributed by atoms with E-state index in [4.69, 9.17) is 10.4 Å². The molecule has 5 nitrogen and oxygen atoms in total. The number of nitrogens with zero attached hydrogens (tertiary/aromatic N) is 2. The molecular formula is C15H16N2O3S. The van der Waals surface area contributed by atoms with Gasteiger partial charge >= 0.3 is 5.97 Å². The van der Waals surface area contributed by atoms with Gasteiger partial charge in [0.25, 0.3) is 5.91 Å². The fourth-order valence-electron chi connectivity index (χ4n) is 2.25. The minimum absolute atomic E-state index is 0.0189. The standard InChI is InChI=1S/C15H16N2O3S/c1-10(15(19)20)11-8-17(9-11)14(18)12-4-2-3-5-13(12)21-7-6-16/h2-5,10-11H,7-9H2,1H3,(H,19,20). The molecule has 1 aromatic carbocycles. The number of hydrogen-bond acceptors (Lipinski definition) is 4. The van der Waals surface area contributed by atoms with Gasteiger partial charge in [0.05, 0.1) is 23.3 Å². The van der Waals surface area contributed by atoms with Crippen LogP contribution in [0.2, 0.25) is 0 Å². The number of carboxylic acid groups (broad SMARTS) is 1. The summed E-state index contributed by atoms with van der Waals surface area (Å²) in [6.45, 7) is 2.62. The summed E-state index contributed by atoms with van der Waals surface area (Å²) < 4.78 is 0. The number of hydrogen-bond donors (Lipinski definition) is 1.